The summed E-state index contributed by atoms with van der Waals surface area (Å²) in [7, 11) is 0. The van der Waals surface area contributed by atoms with Crippen LogP contribution in [0.4, 0.5) is 17.2 Å². The van der Waals surface area contributed by atoms with Gasteiger partial charge in [-0.1, -0.05) is 13.8 Å². The summed E-state index contributed by atoms with van der Waals surface area (Å²) in [5.41, 5.74) is 1.83. The molecule has 0 spiro atoms. The summed E-state index contributed by atoms with van der Waals surface area (Å²) in [5, 5.41) is 38.2. The maximum Gasteiger partial charge on any atom is 0.271 e. The molecule has 134 valence electrons. The first kappa shape index (κ1) is 17.5. The second-order valence-electron chi connectivity index (χ2n) is 6.03. The SMILES string of the molecule is CC(C)c1nc2cc(CO)ccn2c1N=Nc1cc([N+](=O)[O-])ccc1O. The number of aliphatic hydroxyl groups excluding tert-OH is 1. The molecule has 0 unspecified atom stereocenters. The lowest BCUT2D eigenvalue weighted by atomic mass is 10.1. The average molecular weight is 355 g/mol. The maximum absolute atomic E-state index is 10.9. The number of pyridine rings is 1. The summed E-state index contributed by atoms with van der Waals surface area (Å²) in [6.07, 6.45) is 1.72. The van der Waals surface area contributed by atoms with E-state index >= 15 is 0 Å². The molecule has 0 aliphatic rings. The van der Waals surface area contributed by atoms with Gasteiger partial charge in [-0.3, -0.25) is 14.5 Å². The van der Waals surface area contributed by atoms with Crippen LogP contribution in [0, 0.1) is 10.1 Å². The van der Waals surface area contributed by atoms with Gasteiger partial charge in [0.05, 0.1) is 17.2 Å². The lowest BCUT2D eigenvalue weighted by molar-refractivity contribution is -0.384. The molecule has 2 N–H and O–H groups in total. The van der Waals surface area contributed by atoms with Crippen LogP contribution in [0.3, 0.4) is 0 Å². The van der Waals surface area contributed by atoms with Crippen LogP contribution in [-0.2, 0) is 6.61 Å². The van der Waals surface area contributed by atoms with Crippen molar-refractivity contribution in [1.82, 2.24) is 9.38 Å². The van der Waals surface area contributed by atoms with Gasteiger partial charge in [0.25, 0.3) is 5.69 Å². The molecule has 9 nitrogen and oxygen atoms in total. The largest absolute Gasteiger partial charge is 0.506 e. The Labute approximate surface area is 148 Å². The van der Waals surface area contributed by atoms with Gasteiger partial charge >= 0.3 is 0 Å². The monoisotopic (exact) mass is 355 g/mol. The number of nitro groups is 1. The van der Waals surface area contributed by atoms with Gasteiger partial charge in [-0.05, 0) is 29.7 Å². The molecule has 0 radical (unpaired) electrons. The Morgan fingerprint density at radius 3 is 2.69 bits per heavy atom. The topological polar surface area (TPSA) is 126 Å². The molecular weight excluding hydrogens is 338 g/mol. The number of azo groups is 1. The Kier molecular flexibility index (Phi) is 4.63. The van der Waals surface area contributed by atoms with E-state index in [-0.39, 0.29) is 29.6 Å². The number of rotatable bonds is 5. The van der Waals surface area contributed by atoms with Crippen molar-refractivity contribution in [3.63, 3.8) is 0 Å². The van der Waals surface area contributed by atoms with E-state index in [4.69, 9.17) is 0 Å². The third kappa shape index (κ3) is 3.24. The Hall–Kier alpha value is -3.33. The molecule has 1 aromatic carbocycles. The Morgan fingerprint density at radius 2 is 2.04 bits per heavy atom. The summed E-state index contributed by atoms with van der Waals surface area (Å²) in [6, 6.07) is 7.04. The highest BCUT2D eigenvalue weighted by Gasteiger charge is 2.16. The lowest BCUT2D eigenvalue weighted by Gasteiger charge is -2.02. The molecule has 3 aromatic rings. The molecule has 0 amide bonds. The summed E-state index contributed by atoms with van der Waals surface area (Å²) in [6.45, 7) is 3.82. The summed E-state index contributed by atoms with van der Waals surface area (Å²) in [5.74, 6) is 0.312. The quantitative estimate of drug-likeness (QED) is 0.407. The van der Waals surface area contributed by atoms with Gasteiger partial charge in [0.2, 0.25) is 0 Å². The van der Waals surface area contributed by atoms with Crippen molar-refractivity contribution in [2.24, 2.45) is 10.2 Å². The number of aliphatic hydroxyl groups is 1. The van der Waals surface area contributed by atoms with Crippen LogP contribution in [0.2, 0.25) is 0 Å². The minimum Gasteiger partial charge on any atom is -0.506 e. The third-order valence-corrected chi connectivity index (χ3v) is 3.84. The highest BCUT2D eigenvalue weighted by molar-refractivity contribution is 5.58. The van der Waals surface area contributed by atoms with E-state index in [0.29, 0.717) is 17.2 Å². The number of benzene rings is 1. The van der Waals surface area contributed by atoms with Gasteiger partial charge in [0, 0.05) is 18.3 Å². The molecule has 26 heavy (non-hydrogen) atoms. The van der Waals surface area contributed by atoms with Crippen molar-refractivity contribution in [3.8, 4) is 5.75 Å². The zero-order valence-corrected chi connectivity index (χ0v) is 14.2. The average Bonchev–Trinajstić information content (AvgIpc) is 2.98. The predicted octanol–water partition coefficient (Wildman–Crippen LogP) is 3.98. The molecule has 9 heteroatoms. The minimum absolute atomic E-state index is 0.00386. The summed E-state index contributed by atoms with van der Waals surface area (Å²) < 4.78 is 1.71. The minimum atomic E-state index is -0.567. The lowest BCUT2D eigenvalue weighted by Crippen LogP contribution is -1.89. The fourth-order valence-electron chi connectivity index (χ4n) is 2.48. The van der Waals surface area contributed by atoms with E-state index in [2.05, 4.69) is 15.2 Å². The Bertz CT molecular complexity index is 1010. The van der Waals surface area contributed by atoms with E-state index in [1.54, 1.807) is 22.7 Å². The fourth-order valence-corrected chi connectivity index (χ4v) is 2.48. The number of phenols is 1. The highest BCUT2D eigenvalue weighted by atomic mass is 16.6. The zero-order chi connectivity index (χ0) is 18.8. The number of nitro benzene ring substituents is 1. The first-order valence-electron chi connectivity index (χ1n) is 7.91. The molecular formula is C17H17N5O4. The van der Waals surface area contributed by atoms with Crippen LogP contribution >= 0.6 is 0 Å². The number of non-ortho nitro benzene ring substituents is 1. The highest BCUT2D eigenvalue weighted by Crippen LogP contribution is 2.34. The first-order valence-corrected chi connectivity index (χ1v) is 7.91. The molecule has 0 bridgehead atoms. The number of phenolic OH excluding ortho intramolecular Hbond substituents is 1. The number of imidazole rings is 1. The number of hydrogen-bond acceptors (Lipinski definition) is 7. The molecule has 0 atom stereocenters. The van der Waals surface area contributed by atoms with Crippen molar-refractivity contribution in [2.75, 3.05) is 0 Å². The number of hydrogen-bond donors (Lipinski definition) is 2. The molecule has 0 aliphatic carbocycles. The summed E-state index contributed by atoms with van der Waals surface area (Å²) in [4.78, 5) is 14.9. The molecule has 2 aromatic heterocycles. The molecule has 3 rings (SSSR count). The Balaban J connectivity index is 2.10. The standard InChI is InChI=1S/C17H17N5O4/c1-10(2)16-17(21-6-5-11(9-23)7-15(21)18-16)20-19-13-8-12(22(25)26)3-4-14(13)24/h3-8,10,23-24H,9H2,1-2H3. The Morgan fingerprint density at radius 1 is 1.27 bits per heavy atom. The smallest absolute Gasteiger partial charge is 0.271 e. The first-order chi connectivity index (χ1) is 12.4. The van der Waals surface area contributed by atoms with Crippen LogP contribution in [-0.4, -0.2) is 24.5 Å². The van der Waals surface area contributed by atoms with Crippen LogP contribution < -0.4 is 0 Å². The number of nitrogens with zero attached hydrogens (tertiary/aromatic N) is 5. The molecule has 2 heterocycles. The van der Waals surface area contributed by atoms with Crippen LogP contribution in [0.1, 0.15) is 31.0 Å². The van der Waals surface area contributed by atoms with Gasteiger partial charge in [-0.15, -0.1) is 10.2 Å². The van der Waals surface area contributed by atoms with Gasteiger partial charge < -0.3 is 10.2 Å². The number of aromatic nitrogens is 2. The molecule has 0 saturated carbocycles. The number of fused-ring (bicyclic) bond motifs is 1. The van der Waals surface area contributed by atoms with Crippen molar-refractivity contribution in [1.29, 1.82) is 0 Å². The molecule has 0 fully saturated rings. The van der Waals surface area contributed by atoms with Crippen LogP contribution in [0.5, 0.6) is 5.75 Å². The maximum atomic E-state index is 10.9. The van der Waals surface area contributed by atoms with E-state index in [1.807, 2.05) is 13.8 Å². The summed E-state index contributed by atoms with van der Waals surface area (Å²) >= 11 is 0. The predicted molar refractivity (Wildman–Crippen MR) is 94.1 cm³/mol. The van der Waals surface area contributed by atoms with Gasteiger partial charge in [-0.25, -0.2) is 4.98 Å². The van der Waals surface area contributed by atoms with E-state index in [9.17, 15) is 20.3 Å². The number of aromatic hydroxyl groups is 1. The van der Waals surface area contributed by atoms with Gasteiger partial charge in [0.1, 0.15) is 17.1 Å². The normalized spacial score (nSPS) is 11.7. The van der Waals surface area contributed by atoms with Crippen molar-refractivity contribution in [3.05, 3.63) is 57.9 Å². The third-order valence-electron chi connectivity index (χ3n) is 3.84. The molecule has 0 saturated heterocycles. The van der Waals surface area contributed by atoms with E-state index in [1.165, 1.54) is 12.1 Å². The second-order valence-corrected chi connectivity index (χ2v) is 6.03. The van der Waals surface area contributed by atoms with Crippen molar-refractivity contribution >= 4 is 22.8 Å². The van der Waals surface area contributed by atoms with Gasteiger partial charge in [-0.2, -0.15) is 0 Å². The van der Waals surface area contributed by atoms with Gasteiger partial charge in [0.15, 0.2) is 5.82 Å². The van der Waals surface area contributed by atoms with Crippen molar-refractivity contribution in [2.45, 2.75) is 26.4 Å². The fraction of sp³-hybridized carbons (Fsp3) is 0.235. The van der Waals surface area contributed by atoms with E-state index in [0.717, 1.165) is 11.6 Å². The van der Waals surface area contributed by atoms with Crippen molar-refractivity contribution < 1.29 is 15.1 Å². The zero-order valence-electron chi connectivity index (χ0n) is 14.2. The van der Waals surface area contributed by atoms with Crippen LogP contribution in [0.15, 0.2) is 46.8 Å². The molecule has 0 aliphatic heterocycles. The van der Waals surface area contributed by atoms with Crippen LogP contribution in [0.25, 0.3) is 5.65 Å². The second kappa shape index (κ2) is 6.89. The van der Waals surface area contributed by atoms with E-state index < -0.39 is 4.92 Å².